The first kappa shape index (κ1) is 13.5. The summed E-state index contributed by atoms with van der Waals surface area (Å²) >= 11 is 3.13. The molecular formula is C9H15BrN2O3S. The van der Waals surface area contributed by atoms with E-state index in [4.69, 9.17) is 0 Å². The van der Waals surface area contributed by atoms with Crippen LogP contribution in [0.4, 0.5) is 0 Å². The maximum Gasteiger partial charge on any atom is 0.328 e. The molecule has 0 aromatic heterocycles. The number of unbranched alkanes of at least 4 members (excludes halogenated alkanes) is 1. The molecule has 0 unspecified atom stereocenters. The maximum absolute atomic E-state index is 12.0. The molecule has 16 heavy (non-hydrogen) atoms. The van der Waals surface area contributed by atoms with Crippen molar-refractivity contribution in [2.24, 2.45) is 0 Å². The van der Waals surface area contributed by atoms with E-state index in [9.17, 15) is 13.2 Å². The van der Waals surface area contributed by atoms with Gasteiger partial charge in [-0.25, -0.2) is 4.31 Å². The normalized spacial score (nSPS) is 20.6. The van der Waals surface area contributed by atoms with Crippen molar-refractivity contribution in [1.82, 2.24) is 8.61 Å². The largest absolute Gasteiger partial charge is 0.328 e. The Morgan fingerprint density at radius 2 is 1.94 bits per heavy atom. The van der Waals surface area contributed by atoms with Crippen molar-refractivity contribution in [2.75, 3.05) is 13.6 Å². The standard InChI is InChI=1S/C9H15BrN2O3S/c1-4-5-6-12-9(13)8(10)7(2)11(3)16(12,14)15/h4-6H2,1-3H3. The van der Waals surface area contributed by atoms with Gasteiger partial charge in [-0.2, -0.15) is 8.42 Å². The Hall–Kier alpha value is -0.560. The van der Waals surface area contributed by atoms with Gasteiger partial charge in [0.1, 0.15) is 4.48 Å². The van der Waals surface area contributed by atoms with Gasteiger partial charge in [-0.05, 0) is 29.3 Å². The molecule has 0 N–H and O–H groups in total. The molecule has 0 aromatic carbocycles. The maximum atomic E-state index is 12.0. The highest BCUT2D eigenvalue weighted by Gasteiger charge is 2.38. The molecular weight excluding hydrogens is 296 g/mol. The van der Waals surface area contributed by atoms with Gasteiger partial charge in [0.05, 0.1) is 0 Å². The van der Waals surface area contributed by atoms with Crippen LogP contribution in [0.2, 0.25) is 0 Å². The Morgan fingerprint density at radius 3 is 2.44 bits per heavy atom. The fraction of sp³-hybridized carbons (Fsp3) is 0.667. The molecule has 0 saturated carbocycles. The lowest BCUT2D eigenvalue weighted by Crippen LogP contribution is -2.49. The topological polar surface area (TPSA) is 57.7 Å². The van der Waals surface area contributed by atoms with Gasteiger partial charge in [-0.3, -0.25) is 9.10 Å². The first-order chi connectivity index (χ1) is 7.34. The summed E-state index contributed by atoms with van der Waals surface area (Å²) in [6, 6.07) is 0. The van der Waals surface area contributed by atoms with Gasteiger partial charge in [0.2, 0.25) is 0 Å². The summed E-state index contributed by atoms with van der Waals surface area (Å²) in [4.78, 5) is 11.8. The molecule has 0 atom stereocenters. The second-order valence-electron chi connectivity index (χ2n) is 3.61. The molecule has 0 aliphatic carbocycles. The number of carbonyl (C=O) groups excluding carboxylic acids is 1. The Kier molecular flexibility index (Phi) is 4.01. The third-order valence-electron chi connectivity index (χ3n) is 2.54. The van der Waals surface area contributed by atoms with Gasteiger partial charge in [-0.15, -0.1) is 0 Å². The first-order valence-electron chi connectivity index (χ1n) is 5.01. The van der Waals surface area contributed by atoms with Crippen molar-refractivity contribution in [2.45, 2.75) is 26.7 Å². The number of halogens is 1. The van der Waals surface area contributed by atoms with E-state index in [1.807, 2.05) is 6.92 Å². The van der Waals surface area contributed by atoms with E-state index in [1.165, 1.54) is 7.05 Å². The summed E-state index contributed by atoms with van der Waals surface area (Å²) < 4.78 is 26.3. The first-order valence-corrected chi connectivity index (χ1v) is 7.20. The molecule has 0 saturated heterocycles. The minimum Gasteiger partial charge on any atom is -0.267 e. The number of amides is 1. The van der Waals surface area contributed by atoms with Gasteiger partial charge in [0, 0.05) is 19.3 Å². The van der Waals surface area contributed by atoms with E-state index in [-0.39, 0.29) is 6.54 Å². The Labute approximate surface area is 104 Å². The van der Waals surface area contributed by atoms with E-state index < -0.39 is 16.1 Å². The second-order valence-corrected chi connectivity index (χ2v) is 6.28. The Morgan fingerprint density at radius 1 is 1.38 bits per heavy atom. The van der Waals surface area contributed by atoms with Crippen LogP contribution in [-0.2, 0) is 15.0 Å². The van der Waals surface area contributed by atoms with Gasteiger partial charge in [-0.1, -0.05) is 13.3 Å². The predicted molar refractivity (Wildman–Crippen MR) is 64.9 cm³/mol. The lowest BCUT2D eigenvalue weighted by Gasteiger charge is -2.33. The van der Waals surface area contributed by atoms with Crippen LogP contribution in [0.1, 0.15) is 26.7 Å². The molecule has 5 nitrogen and oxygen atoms in total. The average molecular weight is 311 g/mol. The number of rotatable bonds is 3. The minimum absolute atomic E-state index is 0.227. The van der Waals surface area contributed by atoms with Gasteiger partial charge >= 0.3 is 10.2 Å². The van der Waals surface area contributed by atoms with E-state index in [1.54, 1.807) is 6.92 Å². The van der Waals surface area contributed by atoms with Crippen LogP contribution in [0.15, 0.2) is 10.2 Å². The van der Waals surface area contributed by atoms with Crippen molar-refractivity contribution < 1.29 is 13.2 Å². The average Bonchev–Trinajstić information content (AvgIpc) is 2.24. The van der Waals surface area contributed by atoms with Crippen LogP contribution in [-0.4, -0.2) is 36.5 Å². The fourth-order valence-corrected chi connectivity index (χ4v) is 3.46. The van der Waals surface area contributed by atoms with Crippen LogP contribution in [0, 0.1) is 0 Å². The molecule has 1 rings (SSSR count). The van der Waals surface area contributed by atoms with Gasteiger partial charge in [0.15, 0.2) is 0 Å². The summed E-state index contributed by atoms with van der Waals surface area (Å²) in [5.74, 6) is -0.482. The molecule has 0 fully saturated rings. The van der Waals surface area contributed by atoms with E-state index >= 15 is 0 Å². The molecule has 92 valence electrons. The number of hydrogen-bond acceptors (Lipinski definition) is 3. The van der Waals surface area contributed by atoms with Gasteiger partial charge in [0.25, 0.3) is 5.91 Å². The summed E-state index contributed by atoms with van der Waals surface area (Å²) in [7, 11) is -2.23. The molecule has 0 radical (unpaired) electrons. The third kappa shape index (κ3) is 2.10. The Bertz CT molecular complexity index is 430. The highest BCUT2D eigenvalue weighted by molar-refractivity contribution is 9.12. The quantitative estimate of drug-likeness (QED) is 0.792. The highest BCUT2D eigenvalue weighted by atomic mass is 79.9. The zero-order valence-corrected chi connectivity index (χ0v) is 11.9. The van der Waals surface area contributed by atoms with Crippen LogP contribution in [0.3, 0.4) is 0 Å². The van der Waals surface area contributed by atoms with Crippen LogP contribution in [0.5, 0.6) is 0 Å². The summed E-state index contributed by atoms with van der Waals surface area (Å²) in [5.41, 5.74) is 0.415. The smallest absolute Gasteiger partial charge is 0.267 e. The van der Waals surface area contributed by atoms with E-state index in [2.05, 4.69) is 15.9 Å². The Balaban J connectivity index is 3.15. The monoisotopic (exact) mass is 310 g/mol. The van der Waals surface area contributed by atoms with E-state index in [0.29, 0.717) is 16.6 Å². The number of hydrogen-bond donors (Lipinski definition) is 0. The van der Waals surface area contributed by atoms with Crippen LogP contribution in [0.25, 0.3) is 0 Å². The second kappa shape index (κ2) is 4.75. The summed E-state index contributed by atoms with van der Waals surface area (Å²) in [6.45, 7) is 3.77. The molecule has 0 aromatic rings. The fourth-order valence-electron chi connectivity index (χ4n) is 1.35. The molecule has 1 aliphatic heterocycles. The lowest BCUT2D eigenvalue weighted by molar-refractivity contribution is -0.122. The molecule has 0 spiro atoms. The molecule has 1 amide bonds. The number of carbonyl (C=O) groups is 1. The highest BCUT2D eigenvalue weighted by Crippen LogP contribution is 2.28. The van der Waals surface area contributed by atoms with Crippen molar-refractivity contribution in [3.8, 4) is 0 Å². The SMILES string of the molecule is CCCCN1C(=O)C(Br)=C(C)N(C)S1(=O)=O. The van der Waals surface area contributed by atoms with E-state index in [0.717, 1.165) is 15.0 Å². The zero-order chi connectivity index (χ0) is 12.5. The van der Waals surface area contributed by atoms with Crippen LogP contribution < -0.4 is 0 Å². The predicted octanol–water partition coefficient (Wildman–Crippen LogP) is 1.43. The number of allylic oxidation sites excluding steroid dienone is 1. The van der Waals surface area contributed by atoms with Crippen molar-refractivity contribution in [3.05, 3.63) is 10.2 Å². The van der Waals surface area contributed by atoms with Crippen molar-refractivity contribution >= 4 is 32.0 Å². The number of nitrogens with zero attached hydrogens (tertiary/aromatic N) is 2. The third-order valence-corrected chi connectivity index (χ3v) is 5.33. The van der Waals surface area contributed by atoms with Crippen molar-refractivity contribution in [3.63, 3.8) is 0 Å². The van der Waals surface area contributed by atoms with Crippen molar-refractivity contribution in [1.29, 1.82) is 0 Å². The minimum atomic E-state index is -3.68. The molecule has 1 heterocycles. The van der Waals surface area contributed by atoms with Crippen LogP contribution >= 0.6 is 15.9 Å². The molecule has 0 bridgehead atoms. The summed E-state index contributed by atoms with van der Waals surface area (Å²) in [5, 5.41) is 0. The molecule has 1 aliphatic rings. The zero-order valence-electron chi connectivity index (χ0n) is 9.53. The summed E-state index contributed by atoms with van der Waals surface area (Å²) in [6.07, 6.45) is 1.50. The molecule has 7 heteroatoms. The lowest BCUT2D eigenvalue weighted by atomic mass is 10.3. The van der Waals surface area contributed by atoms with Gasteiger partial charge < -0.3 is 0 Å².